The highest BCUT2D eigenvalue weighted by atomic mass is 32.2. The van der Waals surface area contributed by atoms with Gasteiger partial charge in [-0.15, -0.1) is 11.8 Å². The van der Waals surface area contributed by atoms with Crippen molar-refractivity contribution in [1.82, 2.24) is 0 Å². The predicted molar refractivity (Wildman–Crippen MR) is 44.5 cm³/mol. The molecule has 0 aromatic heterocycles. The molecule has 1 aliphatic rings. The van der Waals surface area contributed by atoms with Gasteiger partial charge in [0.25, 0.3) is 0 Å². The van der Waals surface area contributed by atoms with Gasteiger partial charge in [0.05, 0.1) is 30.1 Å². The van der Waals surface area contributed by atoms with Crippen LogP contribution >= 0.6 is 11.8 Å². The molecular formula is C6H13NO4S. The first-order valence-corrected chi connectivity index (χ1v) is 4.58. The van der Waals surface area contributed by atoms with Gasteiger partial charge in [-0.05, 0) is 0 Å². The summed E-state index contributed by atoms with van der Waals surface area (Å²) in [5, 5.41) is 36.0. The van der Waals surface area contributed by atoms with Crippen LogP contribution in [0.15, 0.2) is 0 Å². The fourth-order valence-electron chi connectivity index (χ4n) is 1.12. The molecule has 6 N–H and O–H groups in total. The number of hydrogen-bond donors (Lipinski definition) is 5. The van der Waals surface area contributed by atoms with Crippen LogP contribution < -0.4 is 5.73 Å². The van der Waals surface area contributed by atoms with Gasteiger partial charge in [-0.2, -0.15) is 0 Å². The number of nitrogens with two attached hydrogens (primary N) is 1. The molecule has 1 heterocycles. The van der Waals surface area contributed by atoms with Crippen molar-refractivity contribution in [1.29, 1.82) is 0 Å². The zero-order valence-electron chi connectivity index (χ0n) is 6.37. The zero-order valence-corrected chi connectivity index (χ0v) is 7.18. The number of hydrogen-bond acceptors (Lipinski definition) is 6. The van der Waals surface area contributed by atoms with Crippen LogP contribution in [-0.4, -0.2) is 56.0 Å². The number of aliphatic hydroxyl groups is 4. The molecule has 1 aliphatic heterocycles. The molecule has 1 unspecified atom stereocenters. The first-order valence-electron chi connectivity index (χ1n) is 3.64. The van der Waals surface area contributed by atoms with Gasteiger partial charge in [0.15, 0.2) is 0 Å². The van der Waals surface area contributed by atoms with E-state index >= 15 is 0 Å². The smallest absolute Gasteiger partial charge is 0.117 e. The summed E-state index contributed by atoms with van der Waals surface area (Å²) in [6.45, 7) is -0.285. The summed E-state index contributed by atoms with van der Waals surface area (Å²) in [7, 11) is 0. The van der Waals surface area contributed by atoms with Gasteiger partial charge in [0.1, 0.15) is 5.44 Å². The Morgan fingerprint density at radius 3 is 2.25 bits per heavy atom. The van der Waals surface area contributed by atoms with Crippen molar-refractivity contribution in [2.24, 2.45) is 5.73 Å². The zero-order chi connectivity index (χ0) is 9.30. The third kappa shape index (κ3) is 1.73. The van der Waals surface area contributed by atoms with Crippen LogP contribution in [0.3, 0.4) is 0 Å². The fourth-order valence-corrected chi connectivity index (χ4v) is 2.23. The second-order valence-corrected chi connectivity index (χ2v) is 4.17. The summed E-state index contributed by atoms with van der Waals surface area (Å²) in [6.07, 6.45) is -2.24. The van der Waals surface area contributed by atoms with Crippen LogP contribution in [0.5, 0.6) is 0 Å². The van der Waals surface area contributed by atoms with Gasteiger partial charge >= 0.3 is 0 Å². The lowest BCUT2D eigenvalue weighted by molar-refractivity contribution is -0.0279. The van der Waals surface area contributed by atoms with Crippen molar-refractivity contribution < 1.29 is 20.4 Å². The van der Waals surface area contributed by atoms with Gasteiger partial charge in [0, 0.05) is 0 Å². The molecule has 0 aromatic rings. The number of rotatable bonds is 1. The summed E-state index contributed by atoms with van der Waals surface area (Å²) < 4.78 is 0. The highest BCUT2D eigenvalue weighted by molar-refractivity contribution is 8.00. The second-order valence-electron chi connectivity index (χ2n) is 2.81. The van der Waals surface area contributed by atoms with Crippen LogP contribution in [0.4, 0.5) is 0 Å². The van der Waals surface area contributed by atoms with E-state index in [1.54, 1.807) is 0 Å². The Labute approximate surface area is 74.2 Å². The minimum Gasteiger partial charge on any atom is -0.395 e. The normalized spacial score (nSPS) is 49.2. The lowest BCUT2D eigenvalue weighted by atomic mass is 10.0. The van der Waals surface area contributed by atoms with E-state index in [9.17, 15) is 15.3 Å². The Balaban J connectivity index is 2.63. The molecule has 1 rings (SSSR count). The second kappa shape index (κ2) is 3.91. The Bertz CT molecular complexity index is 154. The highest BCUT2D eigenvalue weighted by Crippen LogP contribution is 2.29. The highest BCUT2D eigenvalue weighted by Gasteiger charge is 2.41. The first kappa shape index (κ1) is 10.2. The van der Waals surface area contributed by atoms with Crippen molar-refractivity contribution in [2.75, 3.05) is 6.61 Å². The van der Waals surface area contributed by atoms with Crippen LogP contribution in [0.1, 0.15) is 0 Å². The maximum absolute atomic E-state index is 9.30. The predicted octanol–water partition coefficient (Wildman–Crippen LogP) is -2.54. The topological polar surface area (TPSA) is 107 Å². The summed E-state index contributed by atoms with van der Waals surface area (Å²) in [4.78, 5) is 0. The van der Waals surface area contributed by atoms with Gasteiger partial charge in [0.2, 0.25) is 0 Å². The Kier molecular flexibility index (Phi) is 3.33. The SMILES string of the molecule is N[C@H]1C(O)S[C@H](CO)[C@H](O)[C@@H]1O. The molecule has 0 spiro atoms. The fraction of sp³-hybridized carbons (Fsp3) is 1.00. The minimum atomic E-state index is -1.17. The molecule has 0 radical (unpaired) electrons. The molecular weight excluding hydrogens is 182 g/mol. The molecule has 12 heavy (non-hydrogen) atoms. The molecule has 5 nitrogen and oxygen atoms in total. The van der Waals surface area contributed by atoms with E-state index in [2.05, 4.69) is 0 Å². The average Bonchev–Trinajstić information content (AvgIpc) is 2.08. The maximum atomic E-state index is 9.30. The minimum absolute atomic E-state index is 0.285. The van der Waals surface area contributed by atoms with Crippen LogP contribution in [-0.2, 0) is 0 Å². The average molecular weight is 195 g/mol. The third-order valence-corrected chi connectivity index (χ3v) is 3.32. The largest absolute Gasteiger partial charge is 0.395 e. The van der Waals surface area contributed by atoms with Crippen LogP contribution in [0.25, 0.3) is 0 Å². The Morgan fingerprint density at radius 1 is 1.17 bits per heavy atom. The van der Waals surface area contributed by atoms with Crippen LogP contribution in [0, 0.1) is 0 Å². The van der Waals surface area contributed by atoms with Gasteiger partial charge in [-0.1, -0.05) is 0 Å². The maximum Gasteiger partial charge on any atom is 0.117 e. The van der Waals surface area contributed by atoms with Crippen molar-refractivity contribution in [2.45, 2.75) is 28.9 Å². The van der Waals surface area contributed by atoms with Crippen molar-refractivity contribution >= 4 is 11.8 Å². The lowest BCUT2D eigenvalue weighted by Gasteiger charge is -2.37. The molecule has 5 atom stereocenters. The van der Waals surface area contributed by atoms with E-state index < -0.39 is 28.9 Å². The van der Waals surface area contributed by atoms with E-state index in [1.807, 2.05) is 0 Å². The van der Waals surface area contributed by atoms with E-state index in [0.29, 0.717) is 0 Å². The summed E-state index contributed by atoms with van der Waals surface area (Å²) in [6, 6.07) is -0.854. The molecule has 0 saturated carbocycles. The molecule has 72 valence electrons. The Morgan fingerprint density at radius 2 is 1.75 bits per heavy atom. The summed E-state index contributed by atoms with van der Waals surface area (Å²) in [5.41, 5.74) is 4.44. The number of thioether (sulfide) groups is 1. The standard InChI is InChI=1S/C6H13NO4S/c7-3-5(10)4(9)2(1-8)12-6(3)11/h2-6,8-11H,1,7H2/t2-,3-,4+,5-,6?/m1/s1. The molecule has 1 saturated heterocycles. The first-order chi connectivity index (χ1) is 5.57. The lowest BCUT2D eigenvalue weighted by Crippen LogP contribution is -2.57. The van der Waals surface area contributed by atoms with E-state index in [1.165, 1.54) is 0 Å². The van der Waals surface area contributed by atoms with Crippen LogP contribution in [0.2, 0.25) is 0 Å². The number of aliphatic hydroxyl groups excluding tert-OH is 4. The molecule has 6 heteroatoms. The Hall–Kier alpha value is 0.150. The molecule has 0 amide bonds. The molecule has 0 aromatic carbocycles. The van der Waals surface area contributed by atoms with Crippen molar-refractivity contribution in [3.8, 4) is 0 Å². The van der Waals surface area contributed by atoms with Crippen molar-refractivity contribution in [3.63, 3.8) is 0 Å². The quantitative estimate of drug-likeness (QED) is 0.316. The van der Waals surface area contributed by atoms with Gasteiger partial charge in [-0.3, -0.25) is 0 Å². The van der Waals surface area contributed by atoms with E-state index in [4.69, 9.17) is 10.8 Å². The van der Waals surface area contributed by atoms with Gasteiger partial charge < -0.3 is 26.2 Å². The van der Waals surface area contributed by atoms with E-state index in [-0.39, 0.29) is 6.61 Å². The van der Waals surface area contributed by atoms with Crippen molar-refractivity contribution in [3.05, 3.63) is 0 Å². The van der Waals surface area contributed by atoms with Gasteiger partial charge in [-0.25, -0.2) is 0 Å². The molecule has 1 fully saturated rings. The van der Waals surface area contributed by atoms with E-state index in [0.717, 1.165) is 11.8 Å². The summed E-state index contributed by atoms with van der Waals surface area (Å²) in [5.74, 6) is 0. The molecule has 0 bridgehead atoms. The third-order valence-electron chi connectivity index (χ3n) is 1.95. The monoisotopic (exact) mass is 195 g/mol. The summed E-state index contributed by atoms with van der Waals surface area (Å²) >= 11 is 0.977. The molecule has 0 aliphatic carbocycles.